The summed E-state index contributed by atoms with van der Waals surface area (Å²) in [6.07, 6.45) is 9.70. The zero-order valence-electron chi connectivity index (χ0n) is 44.4. The van der Waals surface area contributed by atoms with Crippen molar-refractivity contribution in [3.63, 3.8) is 0 Å². The van der Waals surface area contributed by atoms with Gasteiger partial charge in [0.1, 0.15) is 12.1 Å². The Hall–Kier alpha value is -6.34. The number of thiazole rings is 1. The molecule has 1 saturated carbocycles. The Bertz CT molecular complexity index is 2890. The van der Waals surface area contributed by atoms with E-state index in [2.05, 4.69) is 36.2 Å². The molecule has 406 valence electrons. The van der Waals surface area contributed by atoms with Crippen LogP contribution in [0.15, 0.2) is 72.5 Å². The molecular formula is C57H72F2N10O6S. The second-order valence-electron chi connectivity index (χ2n) is 22.9. The third-order valence-electron chi connectivity index (χ3n) is 16.4. The normalized spacial score (nSPS) is 21.9. The van der Waals surface area contributed by atoms with Gasteiger partial charge in [-0.2, -0.15) is 10.2 Å². The largest absolute Gasteiger partial charge is 0.391 e. The number of aliphatic hydroxyl groups excluding tert-OH is 1. The molecule has 76 heavy (non-hydrogen) atoms. The van der Waals surface area contributed by atoms with Crippen molar-refractivity contribution in [2.45, 2.75) is 155 Å². The smallest absolute Gasteiger partial charge is 0.276 e. The Labute approximate surface area is 447 Å². The summed E-state index contributed by atoms with van der Waals surface area (Å²) < 4.78 is 30.8. The number of alkyl halides is 2. The van der Waals surface area contributed by atoms with E-state index in [-0.39, 0.29) is 79.6 Å². The van der Waals surface area contributed by atoms with E-state index >= 15 is 0 Å². The minimum atomic E-state index is -2.76. The third-order valence-corrected chi connectivity index (χ3v) is 17.3. The lowest BCUT2D eigenvalue weighted by molar-refractivity contribution is -0.144. The van der Waals surface area contributed by atoms with Crippen molar-refractivity contribution >= 4 is 46.6 Å². The average Bonchev–Trinajstić information content (AvgIpc) is 4.20. The number of unbranched alkanes of at least 4 members (excludes halogenated alkanes) is 6. The molecule has 7 atom stereocenters. The van der Waals surface area contributed by atoms with Crippen molar-refractivity contribution in [1.82, 2.24) is 45.4 Å². The van der Waals surface area contributed by atoms with E-state index in [1.54, 1.807) is 30.7 Å². The van der Waals surface area contributed by atoms with Gasteiger partial charge in [-0.15, -0.1) is 11.3 Å². The van der Waals surface area contributed by atoms with Crippen molar-refractivity contribution in [2.75, 3.05) is 25.0 Å². The number of carbonyl (C=O) groups is 5. The van der Waals surface area contributed by atoms with Gasteiger partial charge in [0.25, 0.3) is 11.8 Å². The number of likely N-dealkylation sites (tertiary alicyclic amines) is 2. The van der Waals surface area contributed by atoms with Crippen molar-refractivity contribution in [1.29, 1.82) is 0 Å². The molecule has 5 amide bonds. The quantitative estimate of drug-likeness (QED) is 0.0446. The van der Waals surface area contributed by atoms with Gasteiger partial charge in [-0.25, -0.2) is 13.8 Å². The summed E-state index contributed by atoms with van der Waals surface area (Å²) in [4.78, 5) is 76.5. The number of aromatic nitrogens is 5. The Balaban J connectivity index is 0.668. The number of rotatable bonds is 21. The van der Waals surface area contributed by atoms with Crippen LogP contribution in [0.3, 0.4) is 0 Å². The molecule has 16 nitrogen and oxygen atoms in total. The number of halogens is 2. The number of H-pyrrole nitrogens is 1. The van der Waals surface area contributed by atoms with E-state index in [4.69, 9.17) is 0 Å². The van der Waals surface area contributed by atoms with Gasteiger partial charge in [0.05, 0.1) is 46.2 Å². The molecule has 2 saturated heterocycles. The highest BCUT2D eigenvalue weighted by atomic mass is 32.1. The van der Waals surface area contributed by atoms with E-state index < -0.39 is 46.8 Å². The fourth-order valence-electron chi connectivity index (χ4n) is 11.6. The average molecular weight is 1060 g/mol. The highest BCUT2D eigenvalue weighted by Gasteiger charge is 2.78. The van der Waals surface area contributed by atoms with Gasteiger partial charge >= 0.3 is 0 Å². The first-order valence-electron chi connectivity index (χ1n) is 26.9. The van der Waals surface area contributed by atoms with Gasteiger partial charge in [0, 0.05) is 80.0 Å². The number of anilines is 1. The summed E-state index contributed by atoms with van der Waals surface area (Å²) in [6, 6.07) is 15.6. The Morgan fingerprint density at radius 2 is 1.59 bits per heavy atom. The van der Waals surface area contributed by atoms with Crippen molar-refractivity contribution in [2.24, 2.45) is 22.7 Å². The number of fused-ring (bicyclic) bond motifs is 2. The summed E-state index contributed by atoms with van der Waals surface area (Å²) in [5.41, 5.74) is 5.76. The number of nitrogens with zero attached hydrogens (tertiary/aromatic N) is 6. The number of aryl methyl sites for hydroxylation is 1. The lowest BCUT2D eigenvalue weighted by Gasteiger charge is -2.43. The van der Waals surface area contributed by atoms with Crippen LogP contribution in [-0.2, 0) is 32.0 Å². The first-order chi connectivity index (χ1) is 36.2. The molecule has 5 heterocycles. The second-order valence-corrected chi connectivity index (χ2v) is 23.8. The number of hydrogen-bond donors (Lipinski definition) is 5. The molecule has 9 rings (SSSR count). The van der Waals surface area contributed by atoms with E-state index in [0.29, 0.717) is 42.9 Å². The summed E-state index contributed by atoms with van der Waals surface area (Å²) >= 11 is 1.58. The van der Waals surface area contributed by atoms with Crippen LogP contribution >= 0.6 is 11.3 Å². The second kappa shape index (κ2) is 22.3. The summed E-state index contributed by atoms with van der Waals surface area (Å²) in [6.45, 7) is 12.2. The van der Waals surface area contributed by atoms with E-state index in [1.165, 1.54) is 4.90 Å². The van der Waals surface area contributed by atoms with Crippen LogP contribution in [0.4, 0.5) is 14.5 Å². The predicted molar refractivity (Wildman–Crippen MR) is 285 cm³/mol. The highest BCUT2D eigenvalue weighted by Crippen LogP contribution is 2.70. The molecule has 0 bridgehead atoms. The zero-order chi connectivity index (χ0) is 54.1. The van der Waals surface area contributed by atoms with Crippen molar-refractivity contribution < 1.29 is 37.9 Å². The van der Waals surface area contributed by atoms with Crippen LogP contribution in [0.25, 0.3) is 10.4 Å². The number of aliphatic hydroxyl groups is 1. The van der Waals surface area contributed by atoms with Crippen molar-refractivity contribution in [3.8, 4) is 10.4 Å². The summed E-state index contributed by atoms with van der Waals surface area (Å²) in [5.74, 6) is -4.78. The maximum absolute atomic E-state index is 14.5. The molecule has 5 N–H and O–H groups in total. The molecule has 19 heteroatoms. The van der Waals surface area contributed by atoms with Gasteiger partial charge in [-0.3, -0.25) is 33.8 Å². The molecule has 3 fully saturated rings. The van der Waals surface area contributed by atoms with Gasteiger partial charge in [-0.1, -0.05) is 114 Å². The third kappa shape index (κ3) is 11.5. The van der Waals surface area contributed by atoms with Gasteiger partial charge in [-0.05, 0) is 55.2 Å². The molecule has 2 aliphatic heterocycles. The molecule has 3 unspecified atom stereocenters. The first kappa shape index (κ1) is 54.4. The molecule has 0 radical (unpaired) electrons. The fraction of sp³-hybridized carbons (Fsp3) is 0.544. The number of aromatic amines is 1. The maximum atomic E-state index is 14.5. The lowest BCUT2D eigenvalue weighted by Crippen LogP contribution is -2.57. The van der Waals surface area contributed by atoms with Crippen LogP contribution < -0.4 is 16.0 Å². The SMILES string of the molecule is Cc1ncsc1-c1ccc(C(C)NC(=O)[C@@H]2C[C@@H](O)CN2C(=O)C(NC(=O)CCCCCCCCCC(=O)N2CC(C(c3ccccc3)n3cc(NC(=O)c4n[nH]c5c4C[C@@H]4C(F)(F)[C@]4(C)C5)cn3)C2)C(C)(C)C)cc1. The molecule has 2 aromatic carbocycles. The fourth-order valence-corrected chi connectivity index (χ4v) is 12.4. The lowest BCUT2D eigenvalue weighted by atomic mass is 9.85. The number of hydrogen-bond acceptors (Lipinski definition) is 10. The summed E-state index contributed by atoms with van der Waals surface area (Å²) in [5, 5.41) is 31.2. The minimum Gasteiger partial charge on any atom is -0.391 e. The highest BCUT2D eigenvalue weighted by molar-refractivity contribution is 7.13. The Morgan fingerprint density at radius 1 is 0.908 bits per heavy atom. The van der Waals surface area contributed by atoms with Gasteiger partial charge < -0.3 is 30.9 Å². The van der Waals surface area contributed by atoms with E-state index in [0.717, 1.165) is 65.8 Å². The molecular weight excluding hydrogens is 991 g/mol. The standard InChI is InChI=1S/C57H72F2N10O6S/c1-34(36-21-23-38(24-22-36)50-35(2)60-33-76-50)62-52(73)44-25-41(70)32-68(44)54(75)51(55(3,4)5)64-46(71)19-15-10-8-7-9-11-16-20-47(72)67-29-39(30-67)49(37-17-13-12-14-18-37)69-31-40(28-61-69)63-53(74)48-42-26-45-56(6,57(45,58)59)27-43(42)65-66-48/h12-14,17-18,21-24,28,31,33-34,39,41,44-45,49,51,70H,7-11,15-16,19-20,25-27,29-30,32H2,1-6H3,(H,62,73)(H,63,74)(H,64,71)(H,65,66)/t34?,41-,44+,45+,49?,51?,56-/m1/s1. The molecule has 5 aromatic rings. The van der Waals surface area contributed by atoms with Crippen LogP contribution in [0.5, 0.6) is 0 Å². The van der Waals surface area contributed by atoms with Crippen LogP contribution in [0.1, 0.15) is 149 Å². The van der Waals surface area contributed by atoms with Crippen molar-refractivity contribution in [3.05, 3.63) is 106 Å². The predicted octanol–water partition coefficient (Wildman–Crippen LogP) is 8.59. The maximum Gasteiger partial charge on any atom is 0.276 e. The number of nitrogens with one attached hydrogen (secondary N) is 4. The molecule has 2 aliphatic carbocycles. The van der Waals surface area contributed by atoms with Crippen LogP contribution in [-0.4, -0.2) is 113 Å². The number of carbonyl (C=O) groups excluding carboxylic acids is 5. The van der Waals surface area contributed by atoms with Crippen LogP contribution in [0, 0.1) is 29.6 Å². The zero-order valence-corrected chi connectivity index (χ0v) is 45.2. The number of benzene rings is 2. The topological polar surface area (TPSA) is 208 Å². The van der Waals surface area contributed by atoms with Gasteiger partial charge in [0.15, 0.2) is 5.69 Å². The summed E-state index contributed by atoms with van der Waals surface area (Å²) in [7, 11) is 0. The Morgan fingerprint density at radius 3 is 2.26 bits per heavy atom. The van der Waals surface area contributed by atoms with E-state index in [1.807, 2.05) is 104 Å². The van der Waals surface area contributed by atoms with Gasteiger partial charge in [0.2, 0.25) is 23.6 Å². The number of β-amino-alcohol motifs (C(OH)–C–C–N with tert-alkyl or cyclic N) is 1. The first-order valence-corrected chi connectivity index (χ1v) is 27.8. The Kier molecular flexibility index (Phi) is 16.0. The molecule has 3 aromatic heterocycles. The molecule has 4 aliphatic rings. The monoisotopic (exact) mass is 1060 g/mol. The molecule has 0 spiro atoms. The van der Waals surface area contributed by atoms with E-state index in [9.17, 15) is 37.9 Å². The number of amides is 5. The minimum absolute atomic E-state index is 0.00640. The van der Waals surface area contributed by atoms with Crippen LogP contribution in [0.2, 0.25) is 0 Å².